The van der Waals surface area contributed by atoms with E-state index in [1.165, 1.54) is 31.0 Å². The number of carbonyl (C=O) groups excluding carboxylic acids is 1. The molecule has 0 bridgehead atoms. The van der Waals surface area contributed by atoms with Crippen molar-refractivity contribution in [1.82, 2.24) is 10.2 Å². The van der Waals surface area contributed by atoms with Crippen LogP contribution in [0.4, 0.5) is 4.39 Å². The van der Waals surface area contributed by atoms with E-state index in [1.54, 1.807) is 6.07 Å². The van der Waals surface area contributed by atoms with Crippen molar-refractivity contribution in [3.8, 4) is 0 Å². The van der Waals surface area contributed by atoms with Gasteiger partial charge in [0.15, 0.2) is 0 Å². The lowest BCUT2D eigenvalue weighted by molar-refractivity contribution is -0.123. The van der Waals surface area contributed by atoms with Crippen LogP contribution in [-0.2, 0) is 4.79 Å². The van der Waals surface area contributed by atoms with Gasteiger partial charge in [-0.3, -0.25) is 9.69 Å². The van der Waals surface area contributed by atoms with Gasteiger partial charge in [0.05, 0.1) is 12.5 Å². The molecular weight excluding hydrogens is 271 g/mol. The average molecular weight is 294 g/mol. The van der Waals surface area contributed by atoms with Crippen molar-refractivity contribution in [1.29, 1.82) is 0 Å². The van der Waals surface area contributed by atoms with E-state index >= 15 is 0 Å². The second-order valence-corrected chi connectivity index (χ2v) is 5.82. The molecule has 116 valence electrons. The Hall–Kier alpha value is -1.46. The van der Waals surface area contributed by atoms with Crippen LogP contribution in [0.15, 0.2) is 24.3 Å². The summed E-state index contributed by atoms with van der Waals surface area (Å²) in [5, 5.41) is 12.8. The first-order chi connectivity index (χ1) is 9.97. The molecule has 0 aromatic heterocycles. The highest BCUT2D eigenvalue weighted by atomic mass is 19.1. The molecule has 2 unspecified atom stereocenters. The van der Waals surface area contributed by atoms with Crippen molar-refractivity contribution in [3.05, 3.63) is 35.6 Å². The van der Waals surface area contributed by atoms with Gasteiger partial charge in [-0.1, -0.05) is 12.1 Å². The lowest BCUT2D eigenvalue weighted by Crippen LogP contribution is -2.41. The van der Waals surface area contributed by atoms with Crippen molar-refractivity contribution in [2.45, 2.75) is 44.4 Å². The average Bonchev–Trinajstić information content (AvgIpc) is 3.28. The van der Waals surface area contributed by atoms with Gasteiger partial charge < -0.3 is 10.4 Å². The standard InChI is InChI=1S/C16H23FN2O2/c1-11(19(2)14-6-7-14)10-18-16(21)9-15(20)12-4-3-5-13(17)8-12/h3-5,8,11,14-15,20H,6-7,9-10H2,1-2H3,(H,18,21). The molecule has 0 spiro atoms. The Morgan fingerprint density at radius 1 is 1.52 bits per heavy atom. The summed E-state index contributed by atoms with van der Waals surface area (Å²) < 4.78 is 13.1. The van der Waals surface area contributed by atoms with E-state index in [1.807, 2.05) is 0 Å². The fourth-order valence-corrected chi connectivity index (χ4v) is 2.33. The number of halogens is 1. The second kappa shape index (κ2) is 7.00. The maximum absolute atomic E-state index is 13.1. The van der Waals surface area contributed by atoms with Crippen LogP contribution in [-0.4, -0.2) is 41.6 Å². The number of hydrogen-bond acceptors (Lipinski definition) is 3. The number of likely N-dealkylation sites (N-methyl/N-ethyl adjacent to an activating group) is 1. The van der Waals surface area contributed by atoms with Crippen LogP contribution in [0, 0.1) is 5.82 Å². The summed E-state index contributed by atoms with van der Waals surface area (Å²) in [7, 11) is 2.07. The van der Waals surface area contributed by atoms with Crippen LogP contribution in [0.25, 0.3) is 0 Å². The predicted molar refractivity (Wildman–Crippen MR) is 79.2 cm³/mol. The van der Waals surface area contributed by atoms with Crippen LogP contribution in [0.1, 0.15) is 37.9 Å². The van der Waals surface area contributed by atoms with Gasteiger partial charge in [-0.25, -0.2) is 4.39 Å². The first-order valence-corrected chi connectivity index (χ1v) is 7.39. The summed E-state index contributed by atoms with van der Waals surface area (Å²) in [4.78, 5) is 14.1. The van der Waals surface area contributed by atoms with Crippen LogP contribution < -0.4 is 5.32 Å². The molecule has 0 radical (unpaired) electrons. The van der Waals surface area contributed by atoms with E-state index < -0.39 is 11.9 Å². The molecule has 21 heavy (non-hydrogen) atoms. The third-order valence-electron chi connectivity index (χ3n) is 4.02. The van der Waals surface area contributed by atoms with E-state index in [0.29, 0.717) is 18.2 Å². The molecular formula is C16H23FN2O2. The zero-order valence-electron chi connectivity index (χ0n) is 12.6. The molecule has 1 aliphatic rings. The van der Waals surface area contributed by atoms with Crippen LogP contribution in [0.3, 0.4) is 0 Å². The lowest BCUT2D eigenvalue weighted by atomic mass is 10.1. The number of hydrogen-bond donors (Lipinski definition) is 2. The molecule has 1 aromatic carbocycles. The Bertz CT molecular complexity index is 491. The van der Waals surface area contributed by atoms with E-state index in [-0.39, 0.29) is 18.4 Å². The van der Waals surface area contributed by atoms with E-state index in [9.17, 15) is 14.3 Å². The zero-order valence-corrected chi connectivity index (χ0v) is 12.6. The maximum Gasteiger partial charge on any atom is 0.223 e. The van der Waals surface area contributed by atoms with Gasteiger partial charge in [-0.2, -0.15) is 0 Å². The minimum absolute atomic E-state index is 0.0523. The van der Waals surface area contributed by atoms with E-state index in [0.717, 1.165) is 0 Å². The fraction of sp³-hybridized carbons (Fsp3) is 0.562. The first kappa shape index (κ1) is 15.9. The van der Waals surface area contributed by atoms with Crippen molar-refractivity contribution < 1.29 is 14.3 Å². The monoisotopic (exact) mass is 294 g/mol. The number of carbonyl (C=O) groups is 1. The minimum Gasteiger partial charge on any atom is -0.388 e. The third kappa shape index (κ3) is 4.79. The number of rotatable bonds is 7. The molecule has 1 fully saturated rings. The molecule has 1 aliphatic carbocycles. The third-order valence-corrected chi connectivity index (χ3v) is 4.02. The molecule has 5 heteroatoms. The highest BCUT2D eigenvalue weighted by Crippen LogP contribution is 2.26. The Kier molecular flexibility index (Phi) is 5.31. The van der Waals surface area contributed by atoms with Gasteiger partial charge in [-0.05, 0) is 44.5 Å². The number of nitrogens with zero attached hydrogens (tertiary/aromatic N) is 1. The summed E-state index contributed by atoms with van der Waals surface area (Å²) in [6.07, 6.45) is 1.43. The number of nitrogens with one attached hydrogen (secondary N) is 1. The lowest BCUT2D eigenvalue weighted by Gasteiger charge is -2.24. The van der Waals surface area contributed by atoms with Crippen molar-refractivity contribution in [3.63, 3.8) is 0 Å². The van der Waals surface area contributed by atoms with Crippen LogP contribution >= 0.6 is 0 Å². The van der Waals surface area contributed by atoms with Crippen LogP contribution in [0.5, 0.6) is 0 Å². The normalized spacial score (nSPS) is 17.6. The minimum atomic E-state index is -0.975. The Morgan fingerprint density at radius 2 is 2.24 bits per heavy atom. The predicted octanol–water partition coefficient (Wildman–Crippen LogP) is 1.85. The molecule has 4 nitrogen and oxygen atoms in total. The van der Waals surface area contributed by atoms with Crippen LogP contribution in [0.2, 0.25) is 0 Å². The van der Waals surface area contributed by atoms with Crippen molar-refractivity contribution >= 4 is 5.91 Å². The molecule has 0 aliphatic heterocycles. The fourth-order valence-electron chi connectivity index (χ4n) is 2.33. The van der Waals surface area contributed by atoms with Gasteiger partial charge in [0, 0.05) is 18.6 Å². The van der Waals surface area contributed by atoms with Crippen molar-refractivity contribution in [2.75, 3.05) is 13.6 Å². The van der Waals surface area contributed by atoms with Gasteiger partial charge >= 0.3 is 0 Å². The van der Waals surface area contributed by atoms with Gasteiger partial charge in [0.25, 0.3) is 0 Å². The number of aliphatic hydroxyl groups excluding tert-OH is 1. The summed E-state index contributed by atoms with van der Waals surface area (Å²) >= 11 is 0. The molecule has 2 N–H and O–H groups in total. The van der Waals surface area contributed by atoms with Gasteiger partial charge in [0.2, 0.25) is 5.91 Å². The molecule has 1 aromatic rings. The molecule has 1 amide bonds. The topological polar surface area (TPSA) is 52.6 Å². The summed E-state index contributed by atoms with van der Waals surface area (Å²) in [5.74, 6) is -0.630. The van der Waals surface area contributed by atoms with E-state index in [4.69, 9.17) is 0 Å². The molecule has 2 atom stereocenters. The smallest absolute Gasteiger partial charge is 0.223 e. The van der Waals surface area contributed by atoms with Gasteiger partial charge in [0.1, 0.15) is 5.82 Å². The summed E-state index contributed by atoms with van der Waals surface area (Å²) in [6, 6.07) is 6.62. The summed E-state index contributed by atoms with van der Waals surface area (Å²) in [5.41, 5.74) is 0.424. The first-order valence-electron chi connectivity index (χ1n) is 7.39. The van der Waals surface area contributed by atoms with E-state index in [2.05, 4.69) is 24.2 Å². The zero-order chi connectivity index (χ0) is 15.4. The highest BCUT2D eigenvalue weighted by Gasteiger charge is 2.29. The Labute approximate surface area is 125 Å². The number of aliphatic hydroxyl groups is 1. The Morgan fingerprint density at radius 3 is 2.86 bits per heavy atom. The summed E-state index contributed by atoms with van der Waals surface area (Å²) in [6.45, 7) is 2.63. The number of benzene rings is 1. The molecule has 1 saturated carbocycles. The SMILES string of the molecule is CC(CNC(=O)CC(O)c1cccc(F)c1)N(C)C1CC1. The van der Waals surface area contributed by atoms with Gasteiger partial charge in [-0.15, -0.1) is 0 Å². The van der Waals surface area contributed by atoms with Crippen molar-refractivity contribution in [2.24, 2.45) is 0 Å². The largest absolute Gasteiger partial charge is 0.388 e. The molecule has 0 saturated heterocycles. The highest BCUT2D eigenvalue weighted by molar-refractivity contribution is 5.76. The maximum atomic E-state index is 13.1. The molecule has 2 rings (SSSR count). The molecule has 0 heterocycles. The second-order valence-electron chi connectivity index (χ2n) is 5.82. The quantitative estimate of drug-likeness (QED) is 0.807. The Balaban J connectivity index is 1.76. The number of amides is 1.